The Morgan fingerprint density at radius 1 is 1.10 bits per heavy atom. The highest BCUT2D eigenvalue weighted by atomic mass is 35.5. The lowest BCUT2D eigenvalue weighted by molar-refractivity contribution is -0.378. The minimum absolute atomic E-state index is 0.0997. The van der Waals surface area contributed by atoms with Crippen molar-refractivity contribution < 1.29 is 10.3 Å². The Hall–Kier alpha value is -2.04. The van der Waals surface area contributed by atoms with Gasteiger partial charge in [0.1, 0.15) is 0 Å². The third-order valence-electron chi connectivity index (χ3n) is 3.37. The van der Waals surface area contributed by atoms with Gasteiger partial charge in [-0.1, -0.05) is 41.4 Å². The molecule has 1 heterocycles. The van der Waals surface area contributed by atoms with Gasteiger partial charge in [-0.2, -0.15) is 0 Å². The molecule has 0 fully saturated rings. The van der Waals surface area contributed by atoms with Gasteiger partial charge >= 0.3 is 5.69 Å². The molecular formula is C15H11Cl2N2O2+. The fourth-order valence-corrected chi connectivity index (χ4v) is 2.69. The zero-order valence-corrected chi connectivity index (χ0v) is 12.3. The topological polar surface area (TPSA) is 56.2 Å². The van der Waals surface area contributed by atoms with Crippen LogP contribution >= 0.6 is 23.2 Å². The molecule has 3 aromatic rings. The number of aromatic nitrogens is 1. The molecule has 0 aliphatic carbocycles. The number of nitroso groups, excluding NO2 is 1. The van der Waals surface area contributed by atoms with Gasteiger partial charge in [0, 0.05) is 10.1 Å². The molecule has 0 aliphatic rings. The SMILES string of the molecule is O=[NH+]c1c(O)n(Cc2ccc(Cl)c(Cl)c2)c2ccccc12. The Kier molecular flexibility index (Phi) is 3.57. The number of fused-ring (bicyclic) bond motifs is 1. The van der Waals surface area contributed by atoms with Crippen LogP contribution in [0.3, 0.4) is 0 Å². The van der Waals surface area contributed by atoms with Crippen LogP contribution in [0.15, 0.2) is 42.5 Å². The molecule has 0 spiro atoms. The van der Waals surface area contributed by atoms with Gasteiger partial charge in [0.05, 0.1) is 27.5 Å². The Morgan fingerprint density at radius 3 is 2.57 bits per heavy atom. The highest BCUT2D eigenvalue weighted by Crippen LogP contribution is 2.33. The second kappa shape index (κ2) is 5.39. The number of para-hydroxylation sites is 1. The third-order valence-corrected chi connectivity index (χ3v) is 4.11. The van der Waals surface area contributed by atoms with Gasteiger partial charge in [0.25, 0.3) is 5.88 Å². The van der Waals surface area contributed by atoms with E-state index in [4.69, 9.17) is 23.2 Å². The van der Waals surface area contributed by atoms with Gasteiger partial charge in [0.15, 0.2) is 0 Å². The summed E-state index contributed by atoms with van der Waals surface area (Å²) >= 11 is 11.9. The average molecular weight is 322 g/mol. The van der Waals surface area contributed by atoms with Crippen LogP contribution in [0, 0.1) is 4.91 Å². The first-order chi connectivity index (χ1) is 10.1. The predicted octanol–water partition coefficient (Wildman–Crippen LogP) is 3.18. The zero-order chi connectivity index (χ0) is 15.0. The van der Waals surface area contributed by atoms with Crippen LogP contribution in [-0.2, 0) is 6.54 Å². The number of benzene rings is 2. The van der Waals surface area contributed by atoms with Crippen molar-refractivity contribution in [2.75, 3.05) is 0 Å². The summed E-state index contributed by atoms with van der Waals surface area (Å²) in [4.78, 5) is 11.1. The van der Waals surface area contributed by atoms with Crippen molar-refractivity contribution in [2.45, 2.75) is 6.54 Å². The standard InChI is InChI=1S/C15H10Cl2N2O2/c16-11-6-5-9(7-12(11)17)8-19-13-4-2-1-3-10(13)14(18-21)15(19)20/h1-7,20H,8H2/p+1. The quantitative estimate of drug-likeness (QED) is 0.778. The predicted molar refractivity (Wildman–Crippen MR) is 83.2 cm³/mol. The summed E-state index contributed by atoms with van der Waals surface area (Å²) in [6.45, 7) is 0.380. The Bertz CT molecular complexity index is 843. The number of hydrogen-bond donors (Lipinski definition) is 2. The summed E-state index contributed by atoms with van der Waals surface area (Å²) in [5.41, 5.74) is 1.81. The van der Waals surface area contributed by atoms with E-state index in [0.29, 0.717) is 22.0 Å². The van der Waals surface area contributed by atoms with Crippen LogP contribution in [0.2, 0.25) is 10.0 Å². The molecule has 0 saturated heterocycles. The number of rotatable bonds is 3. The monoisotopic (exact) mass is 321 g/mol. The molecule has 0 atom stereocenters. The normalized spacial score (nSPS) is 11.0. The van der Waals surface area contributed by atoms with E-state index in [-0.39, 0.29) is 11.6 Å². The van der Waals surface area contributed by atoms with Gasteiger partial charge in [0.2, 0.25) is 0 Å². The van der Waals surface area contributed by atoms with Crippen LogP contribution in [0.4, 0.5) is 5.69 Å². The summed E-state index contributed by atoms with van der Waals surface area (Å²) in [5.74, 6) is -0.0997. The van der Waals surface area contributed by atoms with Crippen LogP contribution in [-0.4, -0.2) is 9.67 Å². The lowest BCUT2D eigenvalue weighted by atomic mass is 10.2. The minimum Gasteiger partial charge on any atom is -0.490 e. The van der Waals surface area contributed by atoms with Crippen molar-refractivity contribution in [1.82, 2.24) is 4.57 Å². The van der Waals surface area contributed by atoms with Crippen molar-refractivity contribution in [3.8, 4) is 5.88 Å². The number of nitrogens with one attached hydrogen (secondary N) is 1. The van der Waals surface area contributed by atoms with E-state index >= 15 is 0 Å². The number of aromatic hydroxyl groups is 1. The van der Waals surface area contributed by atoms with E-state index < -0.39 is 0 Å². The van der Waals surface area contributed by atoms with Crippen LogP contribution in [0.25, 0.3) is 10.9 Å². The molecule has 21 heavy (non-hydrogen) atoms. The number of nitrogens with zero attached hydrogens (tertiary/aromatic N) is 1. The number of hydrogen-bond acceptors (Lipinski definition) is 2. The highest BCUT2D eigenvalue weighted by molar-refractivity contribution is 6.42. The van der Waals surface area contributed by atoms with Crippen molar-refractivity contribution in [3.63, 3.8) is 0 Å². The molecule has 2 aromatic carbocycles. The maximum atomic E-state index is 11.1. The van der Waals surface area contributed by atoms with Crippen molar-refractivity contribution >= 4 is 39.8 Å². The molecule has 0 amide bonds. The lowest BCUT2D eigenvalue weighted by Crippen LogP contribution is -2.55. The van der Waals surface area contributed by atoms with Crippen molar-refractivity contribution in [1.29, 1.82) is 0 Å². The Balaban J connectivity index is 2.14. The Morgan fingerprint density at radius 2 is 1.86 bits per heavy atom. The first-order valence-corrected chi connectivity index (χ1v) is 6.99. The average Bonchev–Trinajstić information content (AvgIpc) is 2.75. The second-order valence-corrected chi connectivity index (χ2v) is 5.47. The summed E-state index contributed by atoms with van der Waals surface area (Å²) < 4.78 is 1.65. The molecule has 0 unspecified atom stereocenters. The second-order valence-electron chi connectivity index (χ2n) is 4.65. The smallest absolute Gasteiger partial charge is 0.322 e. The van der Waals surface area contributed by atoms with Crippen LogP contribution in [0.5, 0.6) is 5.88 Å². The minimum atomic E-state index is -0.0997. The summed E-state index contributed by atoms with van der Waals surface area (Å²) in [5, 5.41) is 13.6. The molecular weight excluding hydrogens is 311 g/mol. The molecule has 1 aromatic heterocycles. The maximum absolute atomic E-state index is 11.1. The molecule has 0 aliphatic heterocycles. The fourth-order valence-electron chi connectivity index (χ4n) is 2.37. The zero-order valence-electron chi connectivity index (χ0n) is 10.8. The van der Waals surface area contributed by atoms with E-state index in [1.54, 1.807) is 27.9 Å². The Labute approximate surface area is 130 Å². The molecule has 2 N–H and O–H groups in total. The van der Waals surface area contributed by atoms with Gasteiger partial charge in [-0.15, -0.1) is 0 Å². The van der Waals surface area contributed by atoms with E-state index in [2.05, 4.69) is 0 Å². The molecule has 0 bridgehead atoms. The summed E-state index contributed by atoms with van der Waals surface area (Å²) in [7, 11) is 0. The van der Waals surface area contributed by atoms with Gasteiger partial charge in [-0.25, -0.2) is 0 Å². The van der Waals surface area contributed by atoms with Crippen molar-refractivity contribution in [2.24, 2.45) is 0 Å². The van der Waals surface area contributed by atoms with Gasteiger partial charge in [-0.3, -0.25) is 0 Å². The molecule has 4 nitrogen and oxygen atoms in total. The largest absolute Gasteiger partial charge is 0.490 e. The molecule has 6 heteroatoms. The van der Waals surface area contributed by atoms with Crippen LogP contribution < -0.4 is 5.18 Å². The van der Waals surface area contributed by atoms with Crippen LogP contribution in [0.1, 0.15) is 5.56 Å². The van der Waals surface area contributed by atoms with Crippen molar-refractivity contribution in [3.05, 3.63) is 63.0 Å². The van der Waals surface area contributed by atoms with Gasteiger partial charge < -0.3 is 9.67 Å². The first kappa shape index (κ1) is 13.9. The third kappa shape index (κ3) is 2.37. The molecule has 3 rings (SSSR count). The lowest BCUT2D eigenvalue weighted by Gasteiger charge is -2.07. The summed E-state index contributed by atoms with van der Waals surface area (Å²) in [6, 6.07) is 12.5. The molecule has 0 radical (unpaired) electrons. The van der Waals surface area contributed by atoms with E-state index in [0.717, 1.165) is 11.1 Å². The van der Waals surface area contributed by atoms with E-state index in [9.17, 15) is 10.0 Å². The first-order valence-electron chi connectivity index (χ1n) is 6.24. The highest BCUT2D eigenvalue weighted by Gasteiger charge is 2.22. The molecule has 0 saturated carbocycles. The molecule has 106 valence electrons. The number of halogens is 2. The van der Waals surface area contributed by atoms with Gasteiger partial charge in [-0.05, 0) is 29.8 Å². The fraction of sp³-hybridized carbons (Fsp3) is 0.0667. The van der Waals surface area contributed by atoms with E-state index in [1.807, 2.05) is 24.3 Å². The summed E-state index contributed by atoms with van der Waals surface area (Å²) in [6.07, 6.45) is 0. The maximum Gasteiger partial charge on any atom is 0.322 e. The van der Waals surface area contributed by atoms with E-state index in [1.165, 1.54) is 0 Å².